The summed E-state index contributed by atoms with van der Waals surface area (Å²) in [6, 6.07) is 13.7. The minimum absolute atomic E-state index is 0.0292. The molecular formula is C19H12FN3O4S. The lowest BCUT2D eigenvalue weighted by Crippen LogP contribution is -2.29. The highest BCUT2D eigenvalue weighted by atomic mass is 32.2. The van der Waals surface area contributed by atoms with Crippen LogP contribution >= 0.6 is 0 Å². The van der Waals surface area contributed by atoms with Crippen molar-refractivity contribution in [3.8, 4) is 0 Å². The van der Waals surface area contributed by atoms with Crippen LogP contribution in [-0.4, -0.2) is 25.2 Å². The van der Waals surface area contributed by atoms with E-state index in [0.717, 1.165) is 11.0 Å². The lowest BCUT2D eigenvalue weighted by molar-refractivity contribution is 0.0925. The molecule has 1 aliphatic heterocycles. The maximum atomic E-state index is 13.9. The fourth-order valence-corrected chi connectivity index (χ4v) is 3.88. The third-order valence-corrected chi connectivity index (χ3v) is 5.54. The molecule has 3 aromatic rings. The van der Waals surface area contributed by atoms with Crippen LogP contribution in [0.1, 0.15) is 20.7 Å². The van der Waals surface area contributed by atoms with Crippen molar-refractivity contribution in [1.29, 1.82) is 0 Å². The number of nitrogens with zero attached hydrogens (tertiary/aromatic N) is 2. The zero-order chi connectivity index (χ0) is 19.9. The molecule has 0 saturated heterocycles. The first-order valence-corrected chi connectivity index (χ1v) is 9.58. The number of imide groups is 1. The molecule has 2 heterocycles. The largest absolute Gasteiger partial charge is 0.269 e. The van der Waals surface area contributed by atoms with Gasteiger partial charge in [-0.25, -0.2) is 22.7 Å². The smallest absolute Gasteiger partial charge is 0.268 e. The van der Waals surface area contributed by atoms with Crippen LogP contribution in [0.2, 0.25) is 0 Å². The number of hydrogen-bond donors (Lipinski definition) is 1. The molecule has 0 radical (unpaired) electrons. The van der Waals surface area contributed by atoms with Crippen LogP contribution in [0.3, 0.4) is 0 Å². The van der Waals surface area contributed by atoms with Gasteiger partial charge in [0.15, 0.2) is 0 Å². The van der Waals surface area contributed by atoms with E-state index in [1.54, 1.807) is 12.1 Å². The van der Waals surface area contributed by atoms with Crippen molar-refractivity contribution in [2.24, 2.45) is 0 Å². The van der Waals surface area contributed by atoms with Crippen molar-refractivity contribution in [2.75, 3.05) is 9.62 Å². The van der Waals surface area contributed by atoms with E-state index in [4.69, 9.17) is 0 Å². The molecule has 1 aliphatic rings. The number of benzene rings is 2. The third kappa shape index (κ3) is 2.91. The fraction of sp³-hybridized carbons (Fsp3) is 0. The van der Waals surface area contributed by atoms with E-state index in [1.807, 2.05) is 0 Å². The number of sulfonamides is 1. The molecule has 7 nitrogen and oxygen atoms in total. The Morgan fingerprint density at radius 2 is 1.64 bits per heavy atom. The number of fused-ring (bicyclic) bond motifs is 1. The van der Waals surface area contributed by atoms with Crippen LogP contribution in [-0.2, 0) is 10.0 Å². The number of carbonyl (C=O) groups excluding carboxylic acids is 2. The molecule has 1 N–H and O–H groups in total. The van der Waals surface area contributed by atoms with Gasteiger partial charge in [0.05, 0.1) is 21.7 Å². The van der Waals surface area contributed by atoms with E-state index in [-0.39, 0.29) is 27.5 Å². The second kappa shape index (κ2) is 6.54. The maximum Gasteiger partial charge on any atom is 0.269 e. The number of anilines is 2. The maximum absolute atomic E-state index is 13.9. The summed E-state index contributed by atoms with van der Waals surface area (Å²) in [6.07, 6.45) is 1.45. The first-order valence-electron chi connectivity index (χ1n) is 8.10. The van der Waals surface area contributed by atoms with Gasteiger partial charge in [-0.2, -0.15) is 0 Å². The summed E-state index contributed by atoms with van der Waals surface area (Å²) in [7, 11) is -3.90. The lowest BCUT2D eigenvalue weighted by Gasteiger charge is -2.14. The van der Waals surface area contributed by atoms with E-state index in [1.165, 1.54) is 48.7 Å². The molecule has 0 spiro atoms. The quantitative estimate of drug-likeness (QED) is 0.683. The standard InChI is InChI=1S/C19H12FN3O4S/c20-15-5-3-4-14-17(15)19(25)23(18(14)24)12-7-9-13(10-8-12)28(26,27)22-16-6-1-2-11-21-16/h1-11H,(H,21,22). The van der Waals surface area contributed by atoms with Gasteiger partial charge in [-0.05, 0) is 48.5 Å². The first-order chi connectivity index (χ1) is 13.4. The summed E-state index contributed by atoms with van der Waals surface area (Å²) in [6.45, 7) is 0. The minimum Gasteiger partial charge on any atom is -0.268 e. The molecule has 0 fully saturated rings. The molecule has 0 atom stereocenters. The van der Waals surface area contributed by atoms with E-state index in [9.17, 15) is 22.4 Å². The monoisotopic (exact) mass is 397 g/mol. The Balaban J connectivity index is 1.63. The van der Waals surface area contributed by atoms with Crippen molar-refractivity contribution in [3.05, 3.63) is 83.8 Å². The SMILES string of the molecule is O=C1c2cccc(F)c2C(=O)N1c1ccc(S(=O)(=O)Nc2ccccn2)cc1. The van der Waals surface area contributed by atoms with Crippen molar-refractivity contribution in [3.63, 3.8) is 0 Å². The first kappa shape index (κ1) is 17.8. The van der Waals surface area contributed by atoms with E-state index >= 15 is 0 Å². The Bertz CT molecular complexity index is 1200. The second-order valence-electron chi connectivity index (χ2n) is 5.92. The van der Waals surface area contributed by atoms with E-state index < -0.39 is 27.7 Å². The number of halogens is 1. The number of aromatic nitrogens is 1. The second-order valence-corrected chi connectivity index (χ2v) is 7.60. The van der Waals surface area contributed by atoms with Crippen molar-refractivity contribution >= 4 is 33.3 Å². The average Bonchev–Trinajstić information content (AvgIpc) is 2.94. The summed E-state index contributed by atoms with van der Waals surface area (Å²) < 4.78 is 41.1. The molecule has 4 rings (SSSR count). The molecule has 0 saturated carbocycles. The van der Waals surface area contributed by atoms with Crippen LogP contribution in [0, 0.1) is 5.82 Å². The normalized spacial score (nSPS) is 13.5. The molecule has 1 aromatic heterocycles. The van der Waals surface area contributed by atoms with Crippen molar-refractivity contribution in [2.45, 2.75) is 4.90 Å². The Labute approximate surface area is 159 Å². The number of nitrogens with one attached hydrogen (secondary N) is 1. The summed E-state index contributed by atoms with van der Waals surface area (Å²) in [5.74, 6) is -2.08. The number of rotatable bonds is 4. The van der Waals surface area contributed by atoms with Gasteiger partial charge in [-0.1, -0.05) is 12.1 Å². The Kier molecular flexibility index (Phi) is 4.16. The van der Waals surface area contributed by atoms with Gasteiger partial charge >= 0.3 is 0 Å². The molecule has 2 amide bonds. The summed E-state index contributed by atoms with van der Waals surface area (Å²) >= 11 is 0. The summed E-state index contributed by atoms with van der Waals surface area (Å²) in [5.41, 5.74) is -0.179. The minimum atomic E-state index is -3.90. The molecule has 28 heavy (non-hydrogen) atoms. The zero-order valence-corrected chi connectivity index (χ0v) is 15.0. The molecule has 9 heteroatoms. The van der Waals surface area contributed by atoms with Crippen molar-refractivity contribution < 1.29 is 22.4 Å². The van der Waals surface area contributed by atoms with Gasteiger partial charge in [0.25, 0.3) is 21.8 Å². The predicted octanol–water partition coefficient (Wildman–Crippen LogP) is 2.82. The number of amides is 2. The Morgan fingerprint density at radius 1 is 0.893 bits per heavy atom. The van der Waals surface area contributed by atoms with Gasteiger partial charge in [0, 0.05) is 6.20 Å². The van der Waals surface area contributed by atoms with Gasteiger partial charge in [-0.3, -0.25) is 14.3 Å². The number of hydrogen-bond acceptors (Lipinski definition) is 5. The fourth-order valence-electron chi connectivity index (χ4n) is 2.87. The van der Waals surface area contributed by atoms with Crippen LogP contribution in [0.25, 0.3) is 0 Å². The molecule has 0 aliphatic carbocycles. The topological polar surface area (TPSA) is 96.4 Å². The van der Waals surface area contributed by atoms with Crippen molar-refractivity contribution in [1.82, 2.24) is 4.98 Å². The molecule has 140 valence electrons. The van der Waals surface area contributed by atoms with Gasteiger partial charge in [-0.15, -0.1) is 0 Å². The predicted molar refractivity (Wildman–Crippen MR) is 99.0 cm³/mol. The zero-order valence-electron chi connectivity index (χ0n) is 14.2. The highest BCUT2D eigenvalue weighted by Crippen LogP contribution is 2.30. The summed E-state index contributed by atoms with van der Waals surface area (Å²) in [4.78, 5) is 29.6. The van der Waals surface area contributed by atoms with Crippen LogP contribution in [0.15, 0.2) is 71.8 Å². The third-order valence-electron chi connectivity index (χ3n) is 4.17. The van der Waals surface area contributed by atoms with Gasteiger partial charge in [0.1, 0.15) is 11.6 Å². The van der Waals surface area contributed by atoms with E-state index in [2.05, 4.69) is 9.71 Å². The van der Waals surface area contributed by atoms with Gasteiger partial charge < -0.3 is 0 Å². The molecular weight excluding hydrogens is 385 g/mol. The Hall–Kier alpha value is -3.59. The summed E-state index contributed by atoms with van der Waals surface area (Å²) in [5, 5.41) is 0. The highest BCUT2D eigenvalue weighted by molar-refractivity contribution is 7.92. The molecule has 0 bridgehead atoms. The van der Waals surface area contributed by atoms with Gasteiger partial charge in [0.2, 0.25) is 0 Å². The average molecular weight is 397 g/mol. The number of carbonyl (C=O) groups is 2. The number of pyridine rings is 1. The van der Waals surface area contributed by atoms with Crippen LogP contribution < -0.4 is 9.62 Å². The highest BCUT2D eigenvalue weighted by Gasteiger charge is 2.38. The Morgan fingerprint density at radius 3 is 2.29 bits per heavy atom. The van der Waals surface area contributed by atoms with Crippen LogP contribution in [0.5, 0.6) is 0 Å². The van der Waals surface area contributed by atoms with Crippen LogP contribution in [0.4, 0.5) is 15.9 Å². The molecule has 0 unspecified atom stereocenters. The van der Waals surface area contributed by atoms with E-state index in [0.29, 0.717) is 0 Å². The lowest BCUT2D eigenvalue weighted by atomic mass is 10.1. The molecule has 2 aromatic carbocycles.